The number of nitrogens with one attached hydrogen (secondary N) is 2. The zero-order valence-corrected chi connectivity index (χ0v) is 13.5. The highest BCUT2D eigenvalue weighted by molar-refractivity contribution is 6.31. The lowest BCUT2D eigenvalue weighted by Crippen LogP contribution is -2.38. The Bertz CT molecular complexity index is 602. The maximum Gasteiger partial charge on any atom is 0.234 e. The number of H-pyrrole nitrogens is 1. The first-order valence-electron chi connectivity index (χ1n) is 7.20. The van der Waals surface area contributed by atoms with E-state index in [1.54, 1.807) is 0 Å². The average molecular weight is 322 g/mol. The maximum atomic E-state index is 12.1. The summed E-state index contributed by atoms with van der Waals surface area (Å²) in [5, 5.41) is 10.1. The molecule has 0 bridgehead atoms. The highest BCUT2D eigenvalue weighted by Gasteiger charge is 2.15. The second-order valence-electron chi connectivity index (χ2n) is 5.05. The summed E-state index contributed by atoms with van der Waals surface area (Å²) >= 11 is 6.17. The van der Waals surface area contributed by atoms with E-state index in [1.165, 1.54) is 6.33 Å². The van der Waals surface area contributed by atoms with Crippen LogP contribution in [0.4, 0.5) is 0 Å². The second kappa shape index (κ2) is 7.91. The predicted molar refractivity (Wildman–Crippen MR) is 85.3 cm³/mol. The van der Waals surface area contributed by atoms with Crippen LogP contribution in [0.5, 0.6) is 0 Å². The second-order valence-corrected chi connectivity index (χ2v) is 5.46. The molecule has 0 radical (unpaired) electrons. The summed E-state index contributed by atoms with van der Waals surface area (Å²) in [6.45, 7) is 5.59. The van der Waals surface area contributed by atoms with Crippen LogP contribution >= 0.6 is 11.6 Å². The van der Waals surface area contributed by atoms with Gasteiger partial charge in [-0.15, -0.1) is 0 Å². The van der Waals surface area contributed by atoms with Crippen LogP contribution in [-0.4, -0.2) is 39.1 Å². The summed E-state index contributed by atoms with van der Waals surface area (Å²) in [6, 6.07) is 7.47. The Morgan fingerprint density at radius 2 is 2.23 bits per heavy atom. The minimum atomic E-state index is -0.200. The third kappa shape index (κ3) is 4.54. The van der Waals surface area contributed by atoms with Gasteiger partial charge in [0.2, 0.25) is 5.91 Å². The van der Waals surface area contributed by atoms with Gasteiger partial charge in [-0.25, -0.2) is 4.98 Å². The molecule has 1 aromatic carbocycles. The molecule has 6 nitrogen and oxygen atoms in total. The Morgan fingerprint density at radius 1 is 1.45 bits per heavy atom. The molecule has 7 heteroatoms. The van der Waals surface area contributed by atoms with Crippen molar-refractivity contribution in [1.29, 1.82) is 0 Å². The Kier molecular flexibility index (Phi) is 5.91. The summed E-state index contributed by atoms with van der Waals surface area (Å²) in [5.74, 6) is 0.584. The highest BCUT2D eigenvalue weighted by atomic mass is 35.5. The molecule has 0 aliphatic heterocycles. The van der Waals surface area contributed by atoms with Crippen molar-refractivity contribution in [2.24, 2.45) is 0 Å². The number of rotatable bonds is 7. The fourth-order valence-electron chi connectivity index (χ4n) is 2.13. The van der Waals surface area contributed by atoms with Gasteiger partial charge in [0.1, 0.15) is 12.2 Å². The molecule has 0 aliphatic rings. The summed E-state index contributed by atoms with van der Waals surface area (Å²) < 4.78 is 0. The normalized spacial score (nSPS) is 12.4. The molecular formula is C15H20ClN5O. The monoisotopic (exact) mass is 321 g/mol. The third-order valence-electron chi connectivity index (χ3n) is 3.39. The van der Waals surface area contributed by atoms with E-state index >= 15 is 0 Å². The van der Waals surface area contributed by atoms with Crippen molar-refractivity contribution >= 4 is 17.5 Å². The topological polar surface area (TPSA) is 73.9 Å². The lowest BCUT2D eigenvalue weighted by Gasteiger charge is -2.21. The van der Waals surface area contributed by atoms with Gasteiger partial charge >= 0.3 is 0 Å². The molecular weight excluding hydrogens is 302 g/mol. The molecule has 0 aliphatic carbocycles. The minimum Gasteiger partial charge on any atom is -0.345 e. The molecule has 1 amide bonds. The molecule has 1 atom stereocenters. The van der Waals surface area contributed by atoms with Crippen molar-refractivity contribution in [1.82, 2.24) is 25.4 Å². The summed E-state index contributed by atoms with van der Waals surface area (Å²) in [4.78, 5) is 18.2. The first-order chi connectivity index (χ1) is 10.6. The van der Waals surface area contributed by atoms with Gasteiger partial charge in [-0.1, -0.05) is 36.7 Å². The average Bonchev–Trinajstić information content (AvgIpc) is 3.03. The van der Waals surface area contributed by atoms with Gasteiger partial charge in [-0.3, -0.25) is 14.8 Å². The number of likely N-dealkylation sites (N-methyl/N-ethyl adjacent to an activating group) is 1. The van der Waals surface area contributed by atoms with Gasteiger partial charge in [0, 0.05) is 11.6 Å². The maximum absolute atomic E-state index is 12.1. The molecule has 118 valence electrons. The zero-order valence-electron chi connectivity index (χ0n) is 12.7. The molecule has 0 unspecified atom stereocenters. The first kappa shape index (κ1) is 16.5. The van der Waals surface area contributed by atoms with E-state index in [9.17, 15) is 4.79 Å². The fraction of sp³-hybridized carbons (Fsp3) is 0.400. The van der Waals surface area contributed by atoms with Crippen LogP contribution in [0.15, 0.2) is 30.6 Å². The smallest absolute Gasteiger partial charge is 0.234 e. The SMILES string of the molecule is CCN(CC(=O)N[C@H](C)c1ncn[nH]1)Cc1ccccc1Cl. The number of carbonyl (C=O) groups excluding carboxylic acids is 1. The van der Waals surface area contributed by atoms with E-state index in [1.807, 2.05) is 43.0 Å². The fourth-order valence-corrected chi connectivity index (χ4v) is 2.32. The molecule has 0 saturated heterocycles. The van der Waals surface area contributed by atoms with Crippen LogP contribution in [0.2, 0.25) is 5.02 Å². The molecule has 22 heavy (non-hydrogen) atoms. The van der Waals surface area contributed by atoms with Crippen LogP contribution in [0.3, 0.4) is 0 Å². The number of hydrogen-bond acceptors (Lipinski definition) is 4. The van der Waals surface area contributed by atoms with Gasteiger partial charge in [0.15, 0.2) is 0 Å². The number of amides is 1. The minimum absolute atomic E-state index is 0.0576. The van der Waals surface area contributed by atoms with Gasteiger partial charge in [0.25, 0.3) is 0 Å². The molecule has 0 fully saturated rings. The molecule has 2 rings (SSSR count). The van der Waals surface area contributed by atoms with E-state index < -0.39 is 0 Å². The van der Waals surface area contributed by atoms with Crippen molar-refractivity contribution in [3.05, 3.63) is 47.0 Å². The summed E-state index contributed by atoms with van der Waals surface area (Å²) in [7, 11) is 0. The van der Waals surface area contributed by atoms with Gasteiger partial charge in [-0.05, 0) is 25.1 Å². The van der Waals surface area contributed by atoms with E-state index in [-0.39, 0.29) is 11.9 Å². The number of halogens is 1. The Labute approximate surface area is 134 Å². The van der Waals surface area contributed by atoms with Crippen molar-refractivity contribution in [2.75, 3.05) is 13.1 Å². The number of aromatic amines is 1. The Balaban J connectivity index is 1.89. The molecule has 1 aromatic heterocycles. The van der Waals surface area contributed by atoms with Gasteiger partial charge < -0.3 is 5.32 Å². The van der Waals surface area contributed by atoms with Crippen molar-refractivity contribution in [3.8, 4) is 0 Å². The number of aromatic nitrogens is 3. The van der Waals surface area contributed by atoms with E-state index in [0.29, 0.717) is 18.9 Å². The number of carbonyl (C=O) groups is 1. The standard InChI is InChI=1S/C15H20ClN5O/c1-3-21(8-12-6-4-5-7-13(12)16)9-14(22)19-11(2)15-17-10-18-20-15/h4-7,10-11H,3,8-9H2,1-2H3,(H,19,22)(H,17,18,20)/t11-/m1/s1. The number of nitrogens with zero attached hydrogens (tertiary/aromatic N) is 3. The largest absolute Gasteiger partial charge is 0.345 e. The quantitative estimate of drug-likeness (QED) is 0.819. The van der Waals surface area contributed by atoms with E-state index in [4.69, 9.17) is 11.6 Å². The Hall–Kier alpha value is -1.92. The predicted octanol–water partition coefficient (Wildman–Crippen LogP) is 2.16. The van der Waals surface area contributed by atoms with Crippen LogP contribution in [-0.2, 0) is 11.3 Å². The first-order valence-corrected chi connectivity index (χ1v) is 7.58. The van der Waals surface area contributed by atoms with Gasteiger partial charge in [-0.2, -0.15) is 5.10 Å². The van der Waals surface area contributed by atoms with E-state index in [0.717, 1.165) is 17.1 Å². The molecule has 1 heterocycles. The molecule has 0 spiro atoms. The highest BCUT2D eigenvalue weighted by Crippen LogP contribution is 2.16. The molecule has 2 aromatic rings. The van der Waals surface area contributed by atoms with Crippen LogP contribution in [0.25, 0.3) is 0 Å². The summed E-state index contributed by atoms with van der Waals surface area (Å²) in [5.41, 5.74) is 1.02. The zero-order chi connectivity index (χ0) is 15.9. The van der Waals surface area contributed by atoms with Crippen LogP contribution in [0.1, 0.15) is 31.3 Å². The summed E-state index contributed by atoms with van der Waals surface area (Å²) in [6.07, 6.45) is 1.42. The van der Waals surface area contributed by atoms with Crippen LogP contribution in [0, 0.1) is 0 Å². The van der Waals surface area contributed by atoms with Crippen molar-refractivity contribution < 1.29 is 4.79 Å². The van der Waals surface area contributed by atoms with Crippen molar-refractivity contribution in [3.63, 3.8) is 0 Å². The van der Waals surface area contributed by atoms with Gasteiger partial charge in [0.05, 0.1) is 12.6 Å². The van der Waals surface area contributed by atoms with Crippen LogP contribution < -0.4 is 5.32 Å². The number of benzene rings is 1. The number of hydrogen-bond donors (Lipinski definition) is 2. The third-order valence-corrected chi connectivity index (χ3v) is 3.76. The van der Waals surface area contributed by atoms with Crippen molar-refractivity contribution in [2.45, 2.75) is 26.4 Å². The lowest BCUT2D eigenvalue weighted by atomic mass is 10.2. The lowest BCUT2D eigenvalue weighted by molar-refractivity contribution is -0.123. The van der Waals surface area contributed by atoms with E-state index in [2.05, 4.69) is 20.5 Å². The molecule has 2 N–H and O–H groups in total. The Morgan fingerprint density at radius 3 is 2.86 bits per heavy atom. The molecule has 0 saturated carbocycles.